The zero-order chi connectivity index (χ0) is 31.5. The first kappa shape index (κ1) is 41.7. The van der Waals surface area contributed by atoms with Gasteiger partial charge in [-0.05, 0) is 44.9 Å². The minimum Gasteiger partial charge on any atom is -0.469 e. The topological polar surface area (TPSA) is 52.6 Å². The van der Waals surface area contributed by atoms with Gasteiger partial charge in [-0.2, -0.15) is 0 Å². The number of hydrogen-bond donors (Lipinski definition) is 0. The molecule has 0 heterocycles. The molecule has 0 saturated carbocycles. The molecule has 4 heteroatoms. The van der Waals surface area contributed by atoms with Gasteiger partial charge in [0.05, 0.1) is 20.1 Å². The van der Waals surface area contributed by atoms with E-state index in [0.29, 0.717) is 6.42 Å². The highest BCUT2D eigenvalue weighted by Crippen LogP contribution is 2.21. The maximum Gasteiger partial charge on any atom is 0.308 e. The number of esters is 2. The lowest BCUT2D eigenvalue weighted by Gasteiger charge is -2.14. The van der Waals surface area contributed by atoms with Crippen LogP contribution >= 0.6 is 0 Å². The SMILES string of the molecule is CCCCCCCC/C=C\CCCCCCCCC(CCCCCCCCCCCCCCCCC(=O)OC)C(=O)OC. The molecule has 0 aromatic rings. The minimum atomic E-state index is -0.0790. The number of carbonyl (C=O) groups is 2. The highest BCUT2D eigenvalue weighted by atomic mass is 16.5. The van der Waals surface area contributed by atoms with Crippen molar-refractivity contribution < 1.29 is 19.1 Å². The summed E-state index contributed by atoms with van der Waals surface area (Å²) >= 11 is 0. The molecule has 43 heavy (non-hydrogen) atoms. The first-order valence-corrected chi connectivity index (χ1v) is 18.9. The van der Waals surface area contributed by atoms with Crippen molar-refractivity contribution in [3.05, 3.63) is 12.2 Å². The summed E-state index contributed by atoms with van der Waals surface area (Å²) in [6.45, 7) is 2.28. The van der Waals surface area contributed by atoms with E-state index in [1.54, 1.807) is 7.11 Å². The molecule has 0 fully saturated rings. The molecular weight excluding hydrogens is 532 g/mol. The van der Waals surface area contributed by atoms with E-state index in [-0.39, 0.29) is 17.9 Å². The molecule has 0 rings (SSSR count). The van der Waals surface area contributed by atoms with E-state index in [1.807, 2.05) is 0 Å². The first-order valence-electron chi connectivity index (χ1n) is 18.9. The van der Waals surface area contributed by atoms with Crippen LogP contribution in [-0.2, 0) is 19.1 Å². The van der Waals surface area contributed by atoms with Gasteiger partial charge in [-0.3, -0.25) is 9.59 Å². The van der Waals surface area contributed by atoms with Crippen molar-refractivity contribution in [2.45, 2.75) is 206 Å². The molecular formula is C39H74O4. The van der Waals surface area contributed by atoms with Crippen LogP contribution in [0.15, 0.2) is 12.2 Å². The Balaban J connectivity index is 3.53. The van der Waals surface area contributed by atoms with Crippen molar-refractivity contribution >= 4 is 11.9 Å². The van der Waals surface area contributed by atoms with Crippen LogP contribution in [-0.4, -0.2) is 26.2 Å². The molecule has 0 radical (unpaired) electrons. The smallest absolute Gasteiger partial charge is 0.308 e. The summed E-state index contributed by atoms with van der Waals surface area (Å²) in [5, 5.41) is 0. The summed E-state index contributed by atoms with van der Waals surface area (Å²) in [4.78, 5) is 23.4. The summed E-state index contributed by atoms with van der Waals surface area (Å²) in [6.07, 6.45) is 43.7. The van der Waals surface area contributed by atoms with Gasteiger partial charge < -0.3 is 9.47 Å². The van der Waals surface area contributed by atoms with Gasteiger partial charge >= 0.3 is 11.9 Å². The zero-order valence-corrected chi connectivity index (χ0v) is 29.3. The van der Waals surface area contributed by atoms with Crippen LogP contribution in [0.2, 0.25) is 0 Å². The molecule has 0 saturated heterocycles. The second-order valence-electron chi connectivity index (χ2n) is 13.0. The second-order valence-corrected chi connectivity index (χ2v) is 13.0. The third-order valence-corrected chi connectivity index (χ3v) is 9.01. The number of ether oxygens (including phenoxy) is 2. The van der Waals surface area contributed by atoms with Crippen molar-refractivity contribution in [3.63, 3.8) is 0 Å². The van der Waals surface area contributed by atoms with Gasteiger partial charge in [-0.1, -0.05) is 167 Å². The van der Waals surface area contributed by atoms with Crippen LogP contribution in [0.1, 0.15) is 206 Å². The molecule has 254 valence electrons. The number of hydrogen-bond acceptors (Lipinski definition) is 4. The Morgan fingerprint density at radius 1 is 0.465 bits per heavy atom. The van der Waals surface area contributed by atoms with E-state index in [2.05, 4.69) is 23.8 Å². The van der Waals surface area contributed by atoms with Crippen LogP contribution in [0.4, 0.5) is 0 Å². The van der Waals surface area contributed by atoms with Gasteiger partial charge in [-0.25, -0.2) is 0 Å². The highest BCUT2D eigenvalue weighted by Gasteiger charge is 2.18. The second kappa shape index (κ2) is 35.2. The molecule has 0 aliphatic carbocycles. The third-order valence-electron chi connectivity index (χ3n) is 9.01. The molecule has 1 atom stereocenters. The Labute approximate surface area is 268 Å². The standard InChI is InChI=1S/C39H74O4/c1-4-5-6-7-8-9-10-11-12-13-16-19-22-25-28-31-34-37(39(41)43-3)35-32-29-26-23-20-17-14-15-18-21-24-27-30-33-36-38(40)42-2/h11-12,37H,4-10,13-36H2,1-3H3/b12-11-. The van der Waals surface area contributed by atoms with Crippen LogP contribution in [0.5, 0.6) is 0 Å². The highest BCUT2D eigenvalue weighted by molar-refractivity contribution is 5.72. The molecule has 0 spiro atoms. The van der Waals surface area contributed by atoms with E-state index in [4.69, 9.17) is 4.74 Å². The van der Waals surface area contributed by atoms with Crippen molar-refractivity contribution in [2.75, 3.05) is 14.2 Å². The van der Waals surface area contributed by atoms with E-state index in [1.165, 1.54) is 161 Å². The number of allylic oxidation sites excluding steroid dienone is 2. The molecule has 0 aromatic heterocycles. The van der Waals surface area contributed by atoms with Crippen LogP contribution in [0.25, 0.3) is 0 Å². The number of rotatable bonds is 34. The van der Waals surface area contributed by atoms with E-state index >= 15 is 0 Å². The maximum absolute atomic E-state index is 12.3. The van der Waals surface area contributed by atoms with Gasteiger partial charge in [0.15, 0.2) is 0 Å². The van der Waals surface area contributed by atoms with Crippen molar-refractivity contribution in [1.82, 2.24) is 0 Å². The van der Waals surface area contributed by atoms with Crippen molar-refractivity contribution in [2.24, 2.45) is 5.92 Å². The van der Waals surface area contributed by atoms with Crippen molar-refractivity contribution in [3.8, 4) is 0 Å². The lowest BCUT2D eigenvalue weighted by molar-refractivity contribution is -0.146. The molecule has 0 aliphatic heterocycles. The van der Waals surface area contributed by atoms with Gasteiger partial charge in [0.25, 0.3) is 0 Å². The molecule has 1 unspecified atom stereocenters. The van der Waals surface area contributed by atoms with Gasteiger partial charge in [0.2, 0.25) is 0 Å². The predicted molar refractivity (Wildman–Crippen MR) is 185 cm³/mol. The Hall–Kier alpha value is -1.32. The fourth-order valence-corrected chi connectivity index (χ4v) is 6.07. The summed E-state index contributed by atoms with van der Waals surface area (Å²) in [7, 11) is 3.01. The van der Waals surface area contributed by atoms with Crippen molar-refractivity contribution in [1.29, 1.82) is 0 Å². The third kappa shape index (κ3) is 31.9. The normalized spacial score (nSPS) is 12.2. The molecule has 0 bridgehead atoms. The average Bonchev–Trinajstić information content (AvgIpc) is 3.02. The lowest BCUT2D eigenvalue weighted by Crippen LogP contribution is -2.16. The Morgan fingerprint density at radius 2 is 0.814 bits per heavy atom. The maximum atomic E-state index is 12.3. The Morgan fingerprint density at radius 3 is 1.19 bits per heavy atom. The average molecular weight is 607 g/mol. The van der Waals surface area contributed by atoms with Crippen LogP contribution in [0.3, 0.4) is 0 Å². The van der Waals surface area contributed by atoms with E-state index in [9.17, 15) is 9.59 Å². The summed E-state index contributed by atoms with van der Waals surface area (Å²) in [5.41, 5.74) is 0. The number of methoxy groups -OCH3 is 2. The Bertz CT molecular complexity index is 614. The predicted octanol–water partition coefficient (Wildman–Crippen LogP) is 12.6. The molecule has 0 amide bonds. The number of unbranched alkanes of at least 4 members (excludes halogenated alkanes) is 25. The fraction of sp³-hybridized carbons (Fsp3) is 0.897. The Kier molecular flexibility index (Phi) is 34.1. The first-order chi connectivity index (χ1) is 21.2. The van der Waals surface area contributed by atoms with Gasteiger partial charge in [0.1, 0.15) is 0 Å². The number of carbonyl (C=O) groups excluding carboxylic acids is 2. The monoisotopic (exact) mass is 607 g/mol. The largest absolute Gasteiger partial charge is 0.469 e. The summed E-state index contributed by atoms with van der Waals surface area (Å²) < 4.78 is 9.80. The molecule has 0 aliphatic rings. The molecule has 0 aromatic carbocycles. The van der Waals surface area contributed by atoms with Gasteiger partial charge in [0, 0.05) is 6.42 Å². The van der Waals surface area contributed by atoms with E-state index in [0.717, 1.165) is 38.5 Å². The van der Waals surface area contributed by atoms with Crippen LogP contribution in [0, 0.1) is 5.92 Å². The lowest BCUT2D eigenvalue weighted by atomic mass is 9.94. The van der Waals surface area contributed by atoms with Gasteiger partial charge in [-0.15, -0.1) is 0 Å². The zero-order valence-electron chi connectivity index (χ0n) is 29.3. The summed E-state index contributed by atoms with van der Waals surface area (Å²) in [5.74, 6) is 0.0354. The molecule has 0 N–H and O–H groups in total. The van der Waals surface area contributed by atoms with Crippen LogP contribution < -0.4 is 0 Å². The minimum absolute atomic E-state index is 0.00828. The summed E-state index contributed by atoms with van der Waals surface area (Å²) in [6, 6.07) is 0. The fourth-order valence-electron chi connectivity index (χ4n) is 6.07. The molecule has 4 nitrogen and oxygen atoms in total. The van der Waals surface area contributed by atoms with E-state index < -0.39 is 0 Å². The quantitative estimate of drug-likeness (QED) is 0.0415.